The van der Waals surface area contributed by atoms with Gasteiger partial charge in [0, 0.05) is 39.3 Å². The summed E-state index contributed by atoms with van der Waals surface area (Å²) in [5, 5.41) is 0. The highest BCUT2D eigenvalue weighted by Crippen LogP contribution is 2.17. The van der Waals surface area contributed by atoms with Crippen molar-refractivity contribution in [2.45, 2.75) is 19.3 Å². The molecule has 2 aliphatic rings. The summed E-state index contributed by atoms with van der Waals surface area (Å²) >= 11 is 0. The Morgan fingerprint density at radius 1 is 1.05 bits per heavy atom. The standard InChI is InChI=1S/C13H28N4O2S/c1-15-8-10-17(11-9-15)20(18,19)14-6-5-13-4-3-7-16(2)12-13/h13-14H,3-12H2,1-2H3/t13-/m1/s1. The molecule has 0 aromatic heterocycles. The Bertz CT molecular complexity index is 393. The molecule has 2 saturated heterocycles. The Labute approximate surface area is 123 Å². The molecule has 0 spiro atoms. The number of hydrogen-bond acceptors (Lipinski definition) is 4. The first-order chi connectivity index (χ1) is 9.47. The van der Waals surface area contributed by atoms with Crippen LogP contribution in [0.4, 0.5) is 0 Å². The van der Waals surface area contributed by atoms with E-state index in [-0.39, 0.29) is 0 Å². The van der Waals surface area contributed by atoms with Gasteiger partial charge < -0.3 is 9.80 Å². The van der Waals surface area contributed by atoms with Crippen LogP contribution in [-0.4, -0.2) is 82.4 Å². The van der Waals surface area contributed by atoms with E-state index < -0.39 is 10.2 Å². The molecule has 0 saturated carbocycles. The maximum atomic E-state index is 12.2. The average molecular weight is 304 g/mol. The van der Waals surface area contributed by atoms with Crippen LogP contribution in [0.1, 0.15) is 19.3 Å². The molecule has 0 unspecified atom stereocenters. The molecule has 0 amide bonds. The van der Waals surface area contributed by atoms with Gasteiger partial charge in [0.25, 0.3) is 10.2 Å². The Balaban J connectivity index is 1.72. The van der Waals surface area contributed by atoms with Crippen LogP contribution >= 0.6 is 0 Å². The summed E-state index contributed by atoms with van der Waals surface area (Å²) < 4.78 is 28.7. The van der Waals surface area contributed by atoms with E-state index in [2.05, 4.69) is 21.6 Å². The molecular weight excluding hydrogens is 276 g/mol. The number of likely N-dealkylation sites (N-methyl/N-ethyl adjacent to an activating group) is 1. The van der Waals surface area contributed by atoms with Crippen LogP contribution in [0.5, 0.6) is 0 Å². The monoisotopic (exact) mass is 304 g/mol. The summed E-state index contributed by atoms with van der Waals surface area (Å²) in [6.45, 7) is 5.64. The first-order valence-electron chi connectivity index (χ1n) is 7.59. The van der Waals surface area contributed by atoms with Crippen molar-refractivity contribution in [3.8, 4) is 0 Å². The Kier molecular flexibility index (Phi) is 5.80. The molecule has 2 rings (SSSR count). The summed E-state index contributed by atoms with van der Waals surface area (Å²) in [7, 11) is 0.886. The molecule has 0 aliphatic carbocycles. The van der Waals surface area contributed by atoms with Crippen LogP contribution in [0.3, 0.4) is 0 Å². The third-order valence-electron chi connectivity index (χ3n) is 4.36. The molecular formula is C13H28N4O2S. The van der Waals surface area contributed by atoms with Crippen LogP contribution in [0, 0.1) is 5.92 Å². The van der Waals surface area contributed by atoms with Gasteiger partial charge in [-0.1, -0.05) is 0 Å². The van der Waals surface area contributed by atoms with Crippen molar-refractivity contribution >= 4 is 10.2 Å². The highest BCUT2D eigenvalue weighted by molar-refractivity contribution is 7.87. The smallest absolute Gasteiger partial charge is 0.279 e. The van der Waals surface area contributed by atoms with Crippen molar-refractivity contribution in [1.29, 1.82) is 0 Å². The van der Waals surface area contributed by atoms with E-state index in [1.54, 1.807) is 4.31 Å². The third-order valence-corrected chi connectivity index (χ3v) is 5.98. The summed E-state index contributed by atoms with van der Waals surface area (Å²) in [5.74, 6) is 0.629. The Morgan fingerprint density at radius 3 is 2.40 bits per heavy atom. The first-order valence-corrected chi connectivity index (χ1v) is 9.03. The van der Waals surface area contributed by atoms with Crippen LogP contribution in [0.25, 0.3) is 0 Å². The predicted molar refractivity (Wildman–Crippen MR) is 80.8 cm³/mol. The van der Waals surface area contributed by atoms with E-state index in [1.165, 1.54) is 19.4 Å². The predicted octanol–water partition coefficient (Wildman–Crippen LogP) is -0.200. The lowest BCUT2D eigenvalue weighted by Crippen LogP contribution is -2.51. The second-order valence-corrected chi connectivity index (χ2v) is 7.92. The number of piperazine rings is 1. The van der Waals surface area contributed by atoms with Gasteiger partial charge in [-0.25, -0.2) is 4.72 Å². The highest BCUT2D eigenvalue weighted by atomic mass is 32.2. The van der Waals surface area contributed by atoms with E-state index in [0.29, 0.717) is 25.6 Å². The number of nitrogens with zero attached hydrogens (tertiary/aromatic N) is 3. The lowest BCUT2D eigenvalue weighted by Gasteiger charge is -2.32. The van der Waals surface area contributed by atoms with Gasteiger partial charge in [0.15, 0.2) is 0 Å². The van der Waals surface area contributed by atoms with Gasteiger partial charge >= 0.3 is 0 Å². The molecule has 0 bridgehead atoms. The number of piperidine rings is 1. The number of likely N-dealkylation sites (tertiary alicyclic amines) is 1. The number of nitrogens with one attached hydrogen (secondary N) is 1. The zero-order chi connectivity index (χ0) is 14.6. The van der Waals surface area contributed by atoms with Crippen molar-refractivity contribution in [3.63, 3.8) is 0 Å². The molecule has 0 aromatic rings. The quantitative estimate of drug-likeness (QED) is 0.764. The molecule has 2 fully saturated rings. The van der Waals surface area contributed by atoms with Crippen LogP contribution < -0.4 is 4.72 Å². The van der Waals surface area contributed by atoms with Crippen molar-refractivity contribution in [3.05, 3.63) is 0 Å². The van der Waals surface area contributed by atoms with Crippen LogP contribution in [0.2, 0.25) is 0 Å². The average Bonchev–Trinajstić information content (AvgIpc) is 2.39. The minimum atomic E-state index is -3.28. The van der Waals surface area contributed by atoms with E-state index in [9.17, 15) is 8.42 Å². The number of rotatable bonds is 5. The minimum Gasteiger partial charge on any atom is -0.306 e. The minimum absolute atomic E-state index is 0.563. The van der Waals surface area contributed by atoms with Gasteiger partial charge in [0.05, 0.1) is 0 Å². The Hall–Kier alpha value is -0.210. The molecule has 20 heavy (non-hydrogen) atoms. The van der Waals surface area contributed by atoms with Crippen LogP contribution in [-0.2, 0) is 10.2 Å². The molecule has 118 valence electrons. The maximum absolute atomic E-state index is 12.2. The van der Waals surface area contributed by atoms with Gasteiger partial charge in [0.1, 0.15) is 0 Å². The summed E-state index contributed by atoms with van der Waals surface area (Å²) in [6.07, 6.45) is 3.39. The SMILES string of the molecule is CN1CCN(S(=O)(=O)NCC[C@H]2CCCN(C)C2)CC1. The van der Waals surface area contributed by atoms with Gasteiger partial charge in [0.2, 0.25) is 0 Å². The first kappa shape index (κ1) is 16.2. The fourth-order valence-electron chi connectivity index (χ4n) is 3.02. The van der Waals surface area contributed by atoms with Gasteiger partial charge in [-0.15, -0.1) is 0 Å². The zero-order valence-corrected chi connectivity index (χ0v) is 13.5. The van der Waals surface area contributed by atoms with Crippen molar-refractivity contribution in [1.82, 2.24) is 18.8 Å². The topological polar surface area (TPSA) is 55.9 Å². The van der Waals surface area contributed by atoms with Gasteiger partial charge in [-0.2, -0.15) is 12.7 Å². The maximum Gasteiger partial charge on any atom is 0.279 e. The summed E-state index contributed by atoms with van der Waals surface area (Å²) in [5.41, 5.74) is 0. The van der Waals surface area contributed by atoms with E-state index >= 15 is 0 Å². The molecule has 6 nitrogen and oxygen atoms in total. The second kappa shape index (κ2) is 7.17. The molecule has 1 atom stereocenters. The van der Waals surface area contributed by atoms with E-state index in [4.69, 9.17) is 0 Å². The molecule has 0 aromatic carbocycles. The molecule has 2 aliphatic heterocycles. The number of hydrogen-bond donors (Lipinski definition) is 1. The lowest BCUT2D eigenvalue weighted by molar-refractivity contribution is 0.202. The largest absolute Gasteiger partial charge is 0.306 e. The lowest BCUT2D eigenvalue weighted by atomic mass is 9.95. The summed E-state index contributed by atoms with van der Waals surface area (Å²) in [4.78, 5) is 4.49. The van der Waals surface area contributed by atoms with Gasteiger partial charge in [-0.3, -0.25) is 0 Å². The summed E-state index contributed by atoms with van der Waals surface area (Å²) in [6, 6.07) is 0. The molecule has 1 N–H and O–H groups in total. The normalized spacial score (nSPS) is 27.8. The fraction of sp³-hybridized carbons (Fsp3) is 1.00. The molecule has 7 heteroatoms. The third kappa shape index (κ3) is 4.66. The van der Waals surface area contributed by atoms with Crippen molar-refractivity contribution in [2.24, 2.45) is 5.92 Å². The molecule has 2 heterocycles. The Morgan fingerprint density at radius 2 is 1.75 bits per heavy atom. The zero-order valence-electron chi connectivity index (χ0n) is 12.7. The van der Waals surface area contributed by atoms with Gasteiger partial charge in [-0.05, 0) is 45.8 Å². The van der Waals surface area contributed by atoms with Crippen LogP contribution in [0.15, 0.2) is 0 Å². The molecule has 0 radical (unpaired) electrons. The second-order valence-electron chi connectivity index (χ2n) is 6.16. The van der Waals surface area contributed by atoms with E-state index in [0.717, 1.165) is 26.1 Å². The van der Waals surface area contributed by atoms with Crippen molar-refractivity contribution < 1.29 is 8.42 Å². The fourth-order valence-corrected chi connectivity index (χ4v) is 4.22. The highest BCUT2D eigenvalue weighted by Gasteiger charge is 2.25. The van der Waals surface area contributed by atoms with E-state index in [1.807, 2.05) is 7.05 Å². The van der Waals surface area contributed by atoms with Crippen molar-refractivity contribution in [2.75, 3.05) is 59.9 Å².